The molecule has 1 N–H and O–H groups in total. The van der Waals surface area contributed by atoms with Crippen molar-refractivity contribution in [3.05, 3.63) is 98.6 Å². The average molecular weight is 438 g/mol. The first-order valence-corrected chi connectivity index (χ1v) is 9.64. The molecule has 0 aliphatic carbocycles. The molecule has 2 aromatic carbocycles. The van der Waals surface area contributed by atoms with Gasteiger partial charge in [0.05, 0.1) is 23.3 Å². The van der Waals surface area contributed by atoms with Gasteiger partial charge in [0.15, 0.2) is 0 Å². The number of hydrogen-bond donors (Lipinski definition) is 1. The fourth-order valence-electron chi connectivity index (χ4n) is 3.31. The van der Waals surface area contributed by atoms with Crippen LogP contribution in [0.25, 0.3) is 5.57 Å². The van der Waals surface area contributed by atoms with E-state index in [9.17, 15) is 19.7 Å². The molecule has 1 aliphatic rings. The number of nitro benzene ring substituents is 1. The average Bonchev–Trinajstić information content (AvgIpc) is 3.33. The standard InChI is InChI=1S/C22H16ClN3O5/c1-13-11-15(23)6-9-18(13)24-20-19(14-4-7-16(8-5-14)26(29)30)21(27)25(22(20)28)12-17-3-2-10-31-17/h2-11,24H,12H2,1H3. The Morgan fingerprint density at radius 3 is 2.45 bits per heavy atom. The van der Waals surface area contributed by atoms with Crippen LogP contribution in [0.5, 0.6) is 0 Å². The van der Waals surface area contributed by atoms with Crippen LogP contribution in [-0.4, -0.2) is 21.6 Å². The van der Waals surface area contributed by atoms with Crippen LogP contribution in [0.2, 0.25) is 5.02 Å². The smallest absolute Gasteiger partial charge is 0.278 e. The molecule has 0 bridgehead atoms. The van der Waals surface area contributed by atoms with Crippen molar-refractivity contribution in [2.24, 2.45) is 0 Å². The summed E-state index contributed by atoms with van der Waals surface area (Å²) in [5, 5.41) is 14.6. The summed E-state index contributed by atoms with van der Waals surface area (Å²) in [4.78, 5) is 37.9. The molecule has 0 radical (unpaired) electrons. The first-order valence-electron chi connectivity index (χ1n) is 9.26. The lowest BCUT2D eigenvalue weighted by Gasteiger charge is -2.14. The van der Waals surface area contributed by atoms with Crippen LogP contribution < -0.4 is 5.32 Å². The number of imide groups is 1. The highest BCUT2D eigenvalue weighted by Crippen LogP contribution is 2.33. The van der Waals surface area contributed by atoms with Crippen molar-refractivity contribution in [1.82, 2.24) is 4.90 Å². The number of nitrogens with one attached hydrogen (secondary N) is 1. The number of halogens is 1. The monoisotopic (exact) mass is 437 g/mol. The molecule has 156 valence electrons. The van der Waals surface area contributed by atoms with Crippen molar-refractivity contribution in [2.75, 3.05) is 5.32 Å². The van der Waals surface area contributed by atoms with Gasteiger partial charge < -0.3 is 9.73 Å². The van der Waals surface area contributed by atoms with Crippen LogP contribution in [0.3, 0.4) is 0 Å². The highest BCUT2D eigenvalue weighted by atomic mass is 35.5. The van der Waals surface area contributed by atoms with Crippen molar-refractivity contribution in [3.63, 3.8) is 0 Å². The number of non-ortho nitro benzene ring substituents is 1. The van der Waals surface area contributed by atoms with E-state index in [0.717, 1.165) is 10.5 Å². The fourth-order valence-corrected chi connectivity index (χ4v) is 3.54. The second kappa shape index (κ2) is 8.08. The molecule has 3 aromatic rings. The van der Waals surface area contributed by atoms with Gasteiger partial charge in [0, 0.05) is 22.8 Å². The van der Waals surface area contributed by atoms with Crippen LogP contribution in [0.4, 0.5) is 11.4 Å². The number of carbonyl (C=O) groups excluding carboxylic acids is 2. The van der Waals surface area contributed by atoms with Gasteiger partial charge in [-0.1, -0.05) is 11.6 Å². The topological polar surface area (TPSA) is 106 Å². The lowest BCUT2D eigenvalue weighted by atomic mass is 10.0. The summed E-state index contributed by atoms with van der Waals surface area (Å²) in [5.41, 5.74) is 1.88. The highest BCUT2D eigenvalue weighted by molar-refractivity contribution is 6.36. The molecule has 9 heteroatoms. The second-order valence-corrected chi connectivity index (χ2v) is 7.35. The zero-order valence-corrected chi connectivity index (χ0v) is 17.1. The van der Waals surface area contributed by atoms with E-state index in [1.165, 1.54) is 30.5 Å². The predicted octanol–water partition coefficient (Wildman–Crippen LogP) is 4.54. The zero-order valence-electron chi connectivity index (χ0n) is 16.3. The number of nitrogens with zero attached hydrogens (tertiary/aromatic N) is 2. The predicted molar refractivity (Wildman–Crippen MR) is 114 cm³/mol. The molecular weight excluding hydrogens is 422 g/mol. The first-order chi connectivity index (χ1) is 14.8. The molecule has 0 spiro atoms. The zero-order chi connectivity index (χ0) is 22.1. The third-order valence-corrected chi connectivity index (χ3v) is 5.11. The van der Waals surface area contributed by atoms with Crippen molar-refractivity contribution < 1.29 is 18.9 Å². The van der Waals surface area contributed by atoms with Crippen molar-refractivity contribution in [1.29, 1.82) is 0 Å². The summed E-state index contributed by atoms with van der Waals surface area (Å²) < 4.78 is 5.29. The van der Waals surface area contributed by atoms with Crippen molar-refractivity contribution >= 4 is 40.4 Å². The molecule has 0 fully saturated rings. The molecule has 0 saturated carbocycles. The summed E-state index contributed by atoms with van der Waals surface area (Å²) >= 11 is 6.02. The maximum atomic E-state index is 13.2. The van der Waals surface area contributed by atoms with Crippen LogP contribution in [0, 0.1) is 17.0 Å². The van der Waals surface area contributed by atoms with E-state index in [-0.39, 0.29) is 23.5 Å². The normalized spacial score (nSPS) is 13.8. The molecule has 2 amide bonds. The molecule has 1 aromatic heterocycles. The number of carbonyl (C=O) groups is 2. The number of furan rings is 1. The van der Waals surface area contributed by atoms with Gasteiger partial charge in [0.2, 0.25) is 0 Å². The van der Waals surface area contributed by atoms with Crippen molar-refractivity contribution in [2.45, 2.75) is 13.5 Å². The first kappa shape index (κ1) is 20.4. The van der Waals surface area contributed by atoms with Crippen LogP contribution in [-0.2, 0) is 16.1 Å². The maximum Gasteiger partial charge on any atom is 0.278 e. The molecular formula is C22H16ClN3O5. The van der Waals surface area contributed by atoms with E-state index in [2.05, 4.69) is 5.32 Å². The molecule has 0 saturated heterocycles. The van der Waals surface area contributed by atoms with Crippen molar-refractivity contribution in [3.8, 4) is 0 Å². The minimum atomic E-state index is -0.529. The highest BCUT2D eigenvalue weighted by Gasteiger charge is 2.39. The van der Waals surface area contributed by atoms with Crippen LogP contribution >= 0.6 is 11.6 Å². The third kappa shape index (κ3) is 3.93. The number of benzene rings is 2. The maximum absolute atomic E-state index is 13.2. The Balaban J connectivity index is 1.77. The van der Waals surface area contributed by atoms with Gasteiger partial charge >= 0.3 is 0 Å². The molecule has 0 unspecified atom stereocenters. The molecule has 8 nitrogen and oxygen atoms in total. The Hall–Kier alpha value is -3.91. The fraction of sp³-hybridized carbons (Fsp3) is 0.0909. The van der Waals surface area contributed by atoms with Gasteiger partial charge in [-0.3, -0.25) is 24.6 Å². The SMILES string of the molecule is Cc1cc(Cl)ccc1NC1=C(c2ccc([N+](=O)[O-])cc2)C(=O)N(Cc2ccco2)C1=O. The Labute approximate surface area is 181 Å². The Morgan fingerprint density at radius 2 is 1.84 bits per heavy atom. The summed E-state index contributed by atoms with van der Waals surface area (Å²) in [6.07, 6.45) is 1.46. The molecule has 2 heterocycles. The van der Waals surface area contributed by atoms with E-state index in [1.54, 1.807) is 30.3 Å². The van der Waals surface area contributed by atoms with Gasteiger partial charge in [-0.25, -0.2) is 0 Å². The minimum Gasteiger partial charge on any atom is -0.467 e. The lowest BCUT2D eigenvalue weighted by Crippen LogP contribution is -2.31. The Morgan fingerprint density at radius 1 is 1.10 bits per heavy atom. The lowest BCUT2D eigenvalue weighted by molar-refractivity contribution is -0.384. The van der Waals surface area contributed by atoms with Crippen LogP contribution in [0.1, 0.15) is 16.9 Å². The van der Waals surface area contributed by atoms with Gasteiger partial charge in [-0.05, 0) is 60.5 Å². The van der Waals surface area contributed by atoms with E-state index >= 15 is 0 Å². The van der Waals surface area contributed by atoms with Crippen LogP contribution in [0.15, 0.2) is 71.0 Å². The molecule has 31 heavy (non-hydrogen) atoms. The number of rotatable bonds is 6. The van der Waals surface area contributed by atoms with Gasteiger partial charge in [0.25, 0.3) is 17.5 Å². The number of anilines is 1. The summed E-state index contributed by atoms with van der Waals surface area (Å²) in [6.45, 7) is 1.79. The Bertz CT molecular complexity index is 1220. The number of aryl methyl sites for hydroxylation is 1. The number of hydrogen-bond acceptors (Lipinski definition) is 6. The van der Waals surface area contributed by atoms with E-state index in [1.807, 2.05) is 6.92 Å². The summed E-state index contributed by atoms with van der Waals surface area (Å²) in [6, 6.07) is 13.9. The van der Waals surface area contributed by atoms with E-state index in [4.69, 9.17) is 16.0 Å². The summed E-state index contributed by atoms with van der Waals surface area (Å²) in [5.74, 6) is -0.595. The van der Waals surface area contributed by atoms with Gasteiger partial charge in [-0.2, -0.15) is 0 Å². The molecule has 1 aliphatic heterocycles. The quantitative estimate of drug-likeness (QED) is 0.344. The molecule has 4 rings (SSSR count). The Kier molecular flexibility index (Phi) is 5.31. The third-order valence-electron chi connectivity index (χ3n) is 4.88. The van der Waals surface area contributed by atoms with E-state index < -0.39 is 16.7 Å². The van der Waals surface area contributed by atoms with E-state index in [0.29, 0.717) is 22.0 Å². The number of amides is 2. The molecule has 0 atom stereocenters. The minimum absolute atomic E-state index is 0.0358. The largest absolute Gasteiger partial charge is 0.467 e. The summed E-state index contributed by atoms with van der Waals surface area (Å²) in [7, 11) is 0. The van der Waals surface area contributed by atoms with Gasteiger partial charge in [0.1, 0.15) is 11.5 Å². The number of nitro groups is 1. The second-order valence-electron chi connectivity index (χ2n) is 6.91. The van der Waals surface area contributed by atoms with Gasteiger partial charge in [-0.15, -0.1) is 0 Å².